The maximum absolute atomic E-state index is 13.2. The molecular formula is C20H15F3N4O4. The van der Waals surface area contributed by atoms with Crippen LogP contribution in [0, 0.1) is 28.0 Å². The number of anilines is 1. The molecule has 1 heterocycles. The average Bonchev–Trinajstić information content (AvgIpc) is 3.11. The van der Waals surface area contributed by atoms with E-state index in [-0.39, 0.29) is 36.0 Å². The first-order valence-electron chi connectivity index (χ1n) is 8.96. The third-order valence-electron chi connectivity index (χ3n) is 4.68. The number of benzene rings is 2. The van der Waals surface area contributed by atoms with Gasteiger partial charge < -0.3 is 14.4 Å². The Hall–Kier alpha value is -3.83. The smallest absolute Gasteiger partial charge is 0.417 e. The van der Waals surface area contributed by atoms with Crippen LogP contribution >= 0.6 is 0 Å². The Morgan fingerprint density at radius 3 is 2.74 bits per heavy atom. The number of rotatable bonds is 5. The summed E-state index contributed by atoms with van der Waals surface area (Å²) in [7, 11) is 0. The summed E-state index contributed by atoms with van der Waals surface area (Å²) in [6, 6.07) is 8.75. The molecule has 1 aliphatic heterocycles. The van der Waals surface area contributed by atoms with Crippen molar-refractivity contribution in [1.82, 2.24) is 0 Å². The van der Waals surface area contributed by atoms with Crippen LogP contribution in [-0.4, -0.2) is 30.4 Å². The lowest BCUT2D eigenvalue weighted by Gasteiger charge is -2.23. The Labute approximate surface area is 175 Å². The molecule has 3 rings (SSSR count). The van der Waals surface area contributed by atoms with E-state index in [0.29, 0.717) is 0 Å². The van der Waals surface area contributed by atoms with Crippen molar-refractivity contribution in [2.75, 3.05) is 18.1 Å². The molecule has 0 N–H and O–H groups in total. The average molecular weight is 432 g/mol. The minimum atomic E-state index is -4.68. The second-order valence-electron chi connectivity index (χ2n) is 6.68. The minimum absolute atomic E-state index is 0.0372. The summed E-state index contributed by atoms with van der Waals surface area (Å²) in [4.78, 5) is 15.3. The first-order chi connectivity index (χ1) is 14.6. The van der Waals surface area contributed by atoms with Crippen LogP contribution < -0.4 is 9.64 Å². The van der Waals surface area contributed by atoms with E-state index in [2.05, 4.69) is 4.85 Å². The number of halogens is 3. The predicted molar refractivity (Wildman–Crippen MR) is 103 cm³/mol. The second kappa shape index (κ2) is 8.50. The molecule has 0 aliphatic carbocycles. The van der Waals surface area contributed by atoms with Crippen molar-refractivity contribution in [1.29, 1.82) is 5.26 Å². The van der Waals surface area contributed by atoms with Crippen LogP contribution in [0.4, 0.5) is 30.2 Å². The molecule has 0 unspecified atom stereocenters. The summed E-state index contributed by atoms with van der Waals surface area (Å²) in [5.41, 5.74) is -1.54. The molecule has 2 aromatic carbocycles. The Morgan fingerprint density at radius 2 is 2.13 bits per heavy atom. The Kier molecular flexibility index (Phi) is 5.99. The van der Waals surface area contributed by atoms with Crippen molar-refractivity contribution < 1.29 is 27.6 Å². The minimum Gasteiger partial charge on any atom is -0.484 e. The largest absolute Gasteiger partial charge is 0.484 e. The van der Waals surface area contributed by atoms with Crippen molar-refractivity contribution in [3.05, 3.63) is 69.1 Å². The summed E-state index contributed by atoms with van der Waals surface area (Å²) in [5, 5.41) is 20.1. The van der Waals surface area contributed by atoms with Gasteiger partial charge in [0.05, 0.1) is 35.2 Å². The van der Waals surface area contributed by atoms with Crippen LogP contribution in [0.2, 0.25) is 0 Å². The zero-order valence-corrected chi connectivity index (χ0v) is 16.1. The van der Waals surface area contributed by atoms with Gasteiger partial charge in [-0.1, -0.05) is 6.07 Å². The molecule has 0 radical (unpaired) electrons. The van der Waals surface area contributed by atoms with Gasteiger partial charge >= 0.3 is 11.9 Å². The highest BCUT2D eigenvalue weighted by Gasteiger charge is 2.36. The summed E-state index contributed by atoms with van der Waals surface area (Å²) in [6.07, 6.45) is -5.83. The molecule has 31 heavy (non-hydrogen) atoms. The first kappa shape index (κ1) is 21.9. The van der Waals surface area contributed by atoms with Gasteiger partial charge in [0.1, 0.15) is 18.9 Å². The van der Waals surface area contributed by atoms with Gasteiger partial charge in [-0.2, -0.15) is 18.4 Å². The number of hydrogen-bond donors (Lipinski definition) is 0. The van der Waals surface area contributed by atoms with Crippen LogP contribution in [-0.2, 0) is 10.9 Å². The molecule has 0 bridgehead atoms. The Balaban J connectivity index is 1.75. The van der Waals surface area contributed by atoms with Gasteiger partial charge in [0.2, 0.25) is 0 Å². The van der Waals surface area contributed by atoms with Crippen molar-refractivity contribution in [3.63, 3.8) is 0 Å². The summed E-state index contributed by atoms with van der Waals surface area (Å²) < 4.78 is 51.0. The van der Waals surface area contributed by atoms with E-state index in [1.807, 2.05) is 0 Å². The molecule has 0 aromatic heterocycles. The topological polar surface area (TPSA) is 93.0 Å². The van der Waals surface area contributed by atoms with E-state index < -0.39 is 34.6 Å². The van der Waals surface area contributed by atoms with E-state index >= 15 is 0 Å². The number of ether oxygens (including phenoxy) is 2. The molecule has 2 aromatic rings. The van der Waals surface area contributed by atoms with E-state index in [1.165, 1.54) is 24.3 Å². The van der Waals surface area contributed by atoms with Crippen LogP contribution in [0.1, 0.15) is 18.1 Å². The third-order valence-corrected chi connectivity index (χ3v) is 4.68. The second-order valence-corrected chi connectivity index (χ2v) is 6.68. The van der Waals surface area contributed by atoms with Crippen molar-refractivity contribution >= 4 is 17.1 Å². The fourth-order valence-electron chi connectivity index (χ4n) is 3.24. The van der Waals surface area contributed by atoms with Gasteiger partial charge in [-0.15, -0.1) is 0 Å². The SMILES string of the molecule is [C-]#[N+]c1ccc(OC[C@@H]2CN(c3ccc(C#N)c(C(F)(F)F)c3)[C@@H](C)O2)c([N+](=O)[O-])c1. The molecule has 1 aliphatic rings. The Bertz CT molecular complexity index is 1090. The van der Waals surface area contributed by atoms with E-state index in [0.717, 1.165) is 18.2 Å². The van der Waals surface area contributed by atoms with Crippen molar-refractivity contribution in [3.8, 4) is 11.8 Å². The summed E-state index contributed by atoms with van der Waals surface area (Å²) in [5.74, 6) is -0.0372. The Morgan fingerprint density at radius 1 is 1.39 bits per heavy atom. The highest BCUT2D eigenvalue weighted by molar-refractivity contribution is 5.59. The van der Waals surface area contributed by atoms with E-state index in [9.17, 15) is 23.3 Å². The number of nitro benzene ring substituents is 1. The number of hydrogen-bond acceptors (Lipinski definition) is 6. The van der Waals surface area contributed by atoms with Gasteiger partial charge in [-0.25, -0.2) is 4.85 Å². The molecule has 2 atom stereocenters. The van der Waals surface area contributed by atoms with Crippen LogP contribution in [0.3, 0.4) is 0 Å². The van der Waals surface area contributed by atoms with Crippen LogP contribution in [0.25, 0.3) is 4.85 Å². The quantitative estimate of drug-likeness (QED) is 0.387. The van der Waals surface area contributed by atoms with Crippen molar-refractivity contribution in [2.45, 2.75) is 25.4 Å². The summed E-state index contributed by atoms with van der Waals surface area (Å²) in [6.45, 7) is 8.69. The maximum atomic E-state index is 13.2. The van der Waals surface area contributed by atoms with E-state index in [4.69, 9.17) is 21.3 Å². The van der Waals surface area contributed by atoms with Gasteiger partial charge in [-0.3, -0.25) is 10.1 Å². The lowest BCUT2D eigenvalue weighted by Crippen LogP contribution is -2.29. The van der Waals surface area contributed by atoms with Gasteiger partial charge in [0.15, 0.2) is 11.4 Å². The standard InChI is InChI=1S/C20H15F3N4O4/c1-12-26(15-5-3-13(9-24)17(8-15)20(21,22)23)10-16(31-12)11-30-19-6-4-14(25-2)7-18(19)27(28)29/h3-8,12,16H,10-11H2,1H3/t12-,16+/m1/s1. The molecule has 8 nitrogen and oxygen atoms in total. The number of alkyl halides is 3. The summed E-state index contributed by atoms with van der Waals surface area (Å²) >= 11 is 0. The first-order valence-corrected chi connectivity index (χ1v) is 8.96. The molecule has 1 fully saturated rings. The zero-order chi connectivity index (χ0) is 22.8. The molecule has 0 saturated carbocycles. The normalized spacial score (nSPS) is 18.3. The fraction of sp³-hybridized carbons (Fsp3) is 0.300. The molecule has 11 heteroatoms. The molecule has 160 valence electrons. The lowest BCUT2D eigenvalue weighted by molar-refractivity contribution is -0.385. The van der Waals surface area contributed by atoms with Crippen molar-refractivity contribution in [2.24, 2.45) is 0 Å². The highest BCUT2D eigenvalue weighted by atomic mass is 19.4. The molecule has 0 spiro atoms. The van der Waals surface area contributed by atoms with Gasteiger partial charge in [0, 0.05) is 11.8 Å². The maximum Gasteiger partial charge on any atom is 0.417 e. The van der Waals surface area contributed by atoms with Crippen LogP contribution in [0.5, 0.6) is 5.75 Å². The highest BCUT2D eigenvalue weighted by Crippen LogP contribution is 2.36. The number of nitro groups is 1. The third kappa shape index (κ3) is 4.68. The lowest BCUT2D eigenvalue weighted by atomic mass is 10.1. The zero-order valence-electron chi connectivity index (χ0n) is 16.1. The monoisotopic (exact) mass is 432 g/mol. The van der Waals surface area contributed by atoms with Crippen LogP contribution in [0.15, 0.2) is 36.4 Å². The molecular weight excluding hydrogens is 417 g/mol. The van der Waals surface area contributed by atoms with E-state index in [1.54, 1.807) is 11.8 Å². The van der Waals surface area contributed by atoms with Gasteiger partial charge in [0.25, 0.3) is 0 Å². The fourth-order valence-corrected chi connectivity index (χ4v) is 3.24. The van der Waals surface area contributed by atoms with Gasteiger partial charge in [-0.05, 0) is 31.2 Å². The number of nitriles is 1. The predicted octanol–water partition coefficient (Wildman–Crippen LogP) is 4.67. The molecule has 1 saturated heterocycles. The molecule has 0 amide bonds. The number of nitrogens with zero attached hydrogens (tertiary/aromatic N) is 4.